The van der Waals surface area contributed by atoms with Gasteiger partial charge in [0.15, 0.2) is 0 Å². The van der Waals surface area contributed by atoms with Crippen molar-refractivity contribution in [2.75, 3.05) is 13.1 Å². The molecule has 0 aromatic heterocycles. The molecule has 2 nitrogen and oxygen atoms in total. The molecule has 184 valence electrons. The molecular formula is C29H58N2. The van der Waals surface area contributed by atoms with Crippen molar-refractivity contribution in [1.29, 1.82) is 0 Å². The van der Waals surface area contributed by atoms with E-state index in [1.54, 1.807) is 0 Å². The molecule has 0 N–H and O–H groups in total. The van der Waals surface area contributed by atoms with Gasteiger partial charge in [-0.2, -0.15) is 0 Å². The van der Waals surface area contributed by atoms with E-state index in [0.29, 0.717) is 6.17 Å². The van der Waals surface area contributed by atoms with Crippen molar-refractivity contribution in [3.05, 3.63) is 12.4 Å². The summed E-state index contributed by atoms with van der Waals surface area (Å²) in [6.07, 6.45) is 35.2. The van der Waals surface area contributed by atoms with Crippen LogP contribution >= 0.6 is 0 Å². The summed E-state index contributed by atoms with van der Waals surface area (Å²) >= 11 is 0. The number of hydrogen-bond acceptors (Lipinski definition) is 2. The Bertz CT molecular complexity index is 392. The smallest absolute Gasteiger partial charge is 0.101 e. The first-order valence-corrected chi connectivity index (χ1v) is 14.5. The Kier molecular flexibility index (Phi) is 19.4. The average Bonchev–Trinajstić information content (AvgIpc) is 3.16. The Morgan fingerprint density at radius 3 is 1.23 bits per heavy atom. The number of hydrogen-bond donors (Lipinski definition) is 0. The fraction of sp³-hybridized carbons (Fsp3) is 0.931. The maximum atomic E-state index is 2.63. The fourth-order valence-electron chi connectivity index (χ4n) is 4.92. The van der Waals surface area contributed by atoms with E-state index in [1.807, 2.05) is 0 Å². The van der Waals surface area contributed by atoms with Crippen LogP contribution in [0.2, 0.25) is 0 Å². The van der Waals surface area contributed by atoms with Crippen molar-refractivity contribution in [2.24, 2.45) is 0 Å². The summed E-state index contributed by atoms with van der Waals surface area (Å²) in [7, 11) is 0. The van der Waals surface area contributed by atoms with Crippen LogP contribution in [-0.2, 0) is 0 Å². The van der Waals surface area contributed by atoms with E-state index in [4.69, 9.17) is 0 Å². The van der Waals surface area contributed by atoms with Crippen LogP contribution in [0.5, 0.6) is 0 Å². The van der Waals surface area contributed by atoms with E-state index >= 15 is 0 Å². The lowest BCUT2D eigenvalue weighted by atomic mass is 10.0. The van der Waals surface area contributed by atoms with Gasteiger partial charge >= 0.3 is 0 Å². The van der Waals surface area contributed by atoms with Crippen LogP contribution in [0.15, 0.2) is 12.4 Å². The molecule has 0 aromatic carbocycles. The van der Waals surface area contributed by atoms with Crippen LogP contribution in [0.4, 0.5) is 0 Å². The highest BCUT2D eigenvalue weighted by atomic mass is 15.4. The highest BCUT2D eigenvalue weighted by Crippen LogP contribution is 2.23. The lowest BCUT2D eigenvalue weighted by Gasteiger charge is -2.33. The van der Waals surface area contributed by atoms with Crippen molar-refractivity contribution in [3.63, 3.8) is 0 Å². The van der Waals surface area contributed by atoms with Gasteiger partial charge in [-0.15, -0.1) is 0 Å². The molecule has 0 amide bonds. The predicted octanol–water partition coefficient (Wildman–Crippen LogP) is 9.65. The second kappa shape index (κ2) is 21.2. The predicted molar refractivity (Wildman–Crippen MR) is 140 cm³/mol. The Balaban J connectivity index is 2.00. The molecule has 0 fully saturated rings. The normalized spacial score (nSPS) is 16.0. The lowest BCUT2D eigenvalue weighted by Crippen LogP contribution is -2.39. The van der Waals surface area contributed by atoms with Gasteiger partial charge < -0.3 is 9.80 Å². The highest BCUT2D eigenvalue weighted by molar-refractivity contribution is 4.96. The van der Waals surface area contributed by atoms with Crippen LogP contribution in [0.3, 0.4) is 0 Å². The minimum absolute atomic E-state index is 0.644. The zero-order chi connectivity index (χ0) is 22.4. The van der Waals surface area contributed by atoms with E-state index in [2.05, 4.69) is 43.0 Å². The van der Waals surface area contributed by atoms with E-state index in [9.17, 15) is 0 Å². The molecule has 0 spiro atoms. The molecule has 1 atom stereocenters. The van der Waals surface area contributed by atoms with Crippen LogP contribution in [0.25, 0.3) is 0 Å². The van der Waals surface area contributed by atoms with Crippen molar-refractivity contribution >= 4 is 0 Å². The zero-order valence-corrected chi connectivity index (χ0v) is 21.9. The summed E-state index contributed by atoms with van der Waals surface area (Å²) in [6.45, 7) is 9.40. The van der Waals surface area contributed by atoms with Gasteiger partial charge in [0.05, 0.1) is 0 Å². The van der Waals surface area contributed by atoms with Gasteiger partial charge in [0, 0.05) is 25.5 Å². The van der Waals surface area contributed by atoms with Crippen LogP contribution < -0.4 is 0 Å². The van der Waals surface area contributed by atoms with E-state index < -0.39 is 0 Å². The highest BCUT2D eigenvalue weighted by Gasteiger charge is 2.24. The first-order valence-electron chi connectivity index (χ1n) is 14.5. The van der Waals surface area contributed by atoms with Crippen LogP contribution in [0, 0.1) is 0 Å². The largest absolute Gasteiger partial charge is 0.356 e. The second-order valence-electron chi connectivity index (χ2n) is 10.1. The van der Waals surface area contributed by atoms with Crippen molar-refractivity contribution in [3.8, 4) is 0 Å². The molecule has 0 aliphatic carbocycles. The Morgan fingerprint density at radius 2 is 0.774 bits per heavy atom. The van der Waals surface area contributed by atoms with E-state index in [0.717, 1.165) is 0 Å². The first-order chi connectivity index (χ1) is 15.3. The van der Waals surface area contributed by atoms with Crippen molar-refractivity contribution in [2.45, 2.75) is 162 Å². The zero-order valence-electron chi connectivity index (χ0n) is 21.9. The fourth-order valence-corrected chi connectivity index (χ4v) is 4.92. The van der Waals surface area contributed by atoms with Crippen molar-refractivity contribution < 1.29 is 0 Å². The summed E-state index contributed by atoms with van der Waals surface area (Å²) in [6, 6.07) is 0. The maximum Gasteiger partial charge on any atom is 0.101 e. The molecule has 0 saturated heterocycles. The average molecular weight is 435 g/mol. The Labute approximate surface area is 197 Å². The third kappa shape index (κ3) is 14.9. The van der Waals surface area contributed by atoms with Gasteiger partial charge in [-0.3, -0.25) is 0 Å². The molecule has 1 rings (SSSR count). The monoisotopic (exact) mass is 434 g/mol. The van der Waals surface area contributed by atoms with Gasteiger partial charge in [0.25, 0.3) is 0 Å². The molecule has 0 bridgehead atoms. The van der Waals surface area contributed by atoms with Gasteiger partial charge in [-0.05, 0) is 25.7 Å². The second-order valence-corrected chi connectivity index (χ2v) is 10.1. The first kappa shape index (κ1) is 28.4. The summed E-state index contributed by atoms with van der Waals surface area (Å²) in [5, 5.41) is 0. The number of nitrogens with zero attached hydrogens (tertiary/aromatic N) is 2. The van der Waals surface area contributed by atoms with Crippen molar-refractivity contribution in [1.82, 2.24) is 9.80 Å². The Hall–Kier alpha value is -0.660. The molecule has 1 aliphatic rings. The summed E-state index contributed by atoms with van der Waals surface area (Å²) in [5.74, 6) is 0. The van der Waals surface area contributed by atoms with Gasteiger partial charge in [0.1, 0.15) is 6.17 Å². The SMILES string of the molecule is CCCCCCCCCCCCCCCCCC1N(CCCC)C=CN1CCCCC. The maximum absolute atomic E-state index is 2.63. The number of rotatable bonds is 23. The van der Waals surface area contributed by atoms with E-state index in [1.165, 1.54) is 148 Å². The Morgan fingerprint density at radius 1 is 0.419 bits per heavy atom. The molecular weight excluding hydrogens is 376 g/mol. The van der Waals surface area contributed by atoms with Gasteiger partial charge in [-0.25, -0.2) is 0 Å². The molecule has 1 aliphatic heterocycles. The minimum Gasteiger partial charge on any atom is -0.356 e. The van der Waals surface area contributed by atoms with Crippen LogP contribution in [0.1, 0.15) is 156 Å². The summed E-state index contributed by atoms with van der Waals surface area (Å²) < 4.78 is 0. The quantitative estimate of drug-likeness (QED) is 0.148. The van der Waals surface area contributed by atoms with Gasteiger partial charge in [-0.1, -0.05) is 130 Å². The van der Waals surface area contributed by atoms with E-state index in [-0.39, 0.29) is 0 Å². The third-order valence-electron chi connectivity index (χ3n) is 7.07. The van der Waals surface area contributed by atoms with Crippen LogP contribution in [-0.4, -0.2) is 29.1 Å². The standard InChI is InChI=1S/C29H58N2/c1-4-7-10-11-12-13-14-15-16-17-18-19-20-21-22-24-29-30(25-9-6-3)27-28-31(29)26-23-8-5-2/h27-29H,4-26H2,1-3H3. The minimum atomic E-state index is 0.644. The lowest BCUT2D eigenvalue weighted by molar-refractivity contribution is 0.136. The molecule has 1 unspecified atom stereocenters. The molecule has 0 radical (unpaired) electrons. The molecule has 2 heteroatoms. The summed E-state index contributed by atoms with van der Waals surface area (Å²) in [5.41, 5.74) is 0. The number of unbranched alkanes of at least 4 members (excludes halogenated alkanes) is 17. The molecule has 0 aromatic rings. The molecule has 1 heterocycles. The summed E-state index contributed by atoms with van der Waals surface area (Å²) in [4.78, 5) is 5.26. The topological polar surface area (TPSA) is 6.48 Å². The third-order valence-corrected chi connectivity index (χ3v) is 7.07. The van der Waals surface area contributed by atoms with Gasteiger partial charge in [0.2, 0.25) is 0 Å². The molecule has 31 heavy (non-hydrogen) atoms. The molecule has 0 saturated carbocycles.